The van der Waals surface area contributed by atoms with Crippen LogP contribution in [0, 0.1) is 0 Å². The second kappa shape index (κ2) is 8.46. The van der Waals surface area contributed by atoms with E-state index in [4.69, 9.17) is 21.1 Å². The molecule has 1 heterocycles. The van der Waals surface area contributed by atoms with Crippen LogP contribution >= 0.6 is 0 Å². The summed E-state index contributed by atoms with van der Waals surface area (Å²) in [5, 5.41) is 29.3. The molecule has 0 radical (unpaired) electrons. The average molecular weight is 339 g/mol. The third-order valence-corrected chi connectivity index (χ3v) is 3.13. The number of allylic oxidation sites excluding steroid dienone is 2. The molecule has 0 saturated heterocycles. The molecular weight excluding hydrogens is 322 g/mol. The number of amides is 1. The van der Waals surface area contributed by atoms with Gasteiger partial charge < -0.3 is 26.4 Å². The summed E-state index contributed by atoms with van der Waals surface area (Å²) in [5.41, 5.74) is 5.03. The maximum absolute atomic E-state index is 11.0. The summed E-state index contributed by atoms with van der Waals surface area (Å²) in [7, 11) is 0. The second-order valence-electron chi connectivity index (χ2n) is 5.00. The van der Waals surface area contributed by atoms with Crippen molar-refractivity contribution in [1.29, 1.82) is 0 Å². The summed E-state index contributed by atoms with van der Waals surface area (Å²) in [6, 6.07) is -2.28. The summed E-state index contributed by atoms with van der Waals surface area (Å²) in [4.78, 5) is 47.5. The van der Waals surface area contributed by atoms with E-state index in [9.17, 15) is 19.2 Å². The first-order chi connectivity index (χ1) is 11.2. The molecule has 0 bridgehead atoms. The Bertz CT molecular complexity index is 636. The lowest BCUT2D eigenvalue weighted by Gasteiger charge is -2.21. The quantitative estimate of drug-likeness (QED) is 0.353. The number of nitrogens with zero attached hydrogens (tertiary/aromatic N) is 1. The molecule has 0 saturated carbocycles. The number of hydrogen-bond donors (Lipinski definition) is 5. The second-order valence-corrected chi connectivity index (χ2v) is 5.00. The smallest absolute Gasteiger partial charge is 0.351 e. The van der Waals surface area contributed by atoms with E-state index in [2.05, 4.69) is 10.3 Å². The monoisotopic (exact) mass is 339 g/mol. The molecule has 2 unspecified atom stereocenters. The van der Waals surface area contributed by atoms with Crippen molar-refractivity contribution >= 4 is 30.0 Å². The van der Waals surface area contributed by atoms with Crippen LogP contribution in [0.25, 0.3) is 0 Å². The molecule has 1 aliphatic heterocycles. The maximum atomic E-state index is 11.0. The topological polar surface area (TPSA) is 179 Å². The van der Waals surface area contributed by atoms with Crippen LogP contribution < -0.4 is 11.1 Å². The summed E-state index contributed by atoms with van der Waals surface area (Å²) in [6.45, 7) is 0. The highest BCUT2D eigenvalue weighted by Crippen LogP contribution is 2.16. The zero-order chi connectivity index (χ0) is 18.3. The van der Waals surface area contributed by atoms with Gasteiger partial charge >= 0.3 is 17.9 Å². The van der Waals surface area contributed by atoms with Crippen LogP contribution in [0.2, 0.25) is 0 Å². The first kappa shape index (κ1) is 18.9. The van der Waals surface area contributed by atoms with Gasteiger partial charge in [-0.3, -0.25) is 9.79 Å². The number of rotatable bonds is 8. The van der Waals surface area contributed by atoms with Crippen molar-refractivity contribution in [1.82, 2.24) is 5.32 Å². The van der Waals surface area contributed by atoms with Crippen LogP contribution in [0.1, 0.15) is 19.3 Å². The number of carbonyl (C=O) groups is 4. The predicted octanol–water partition coefficient (Wildman–Crippen LogP) is -0.883. The van der Waals surface area contributed by atoms with Gasteiger partial charge in [-0.2, -0.15) is 0 Å². The van der Waals surface area contributed by atoms with Gasteiger partial charge in [-0.05, 0) is 24.1 Å². The predicted molar refractivity (Wildman–Crippen MR) is 81.3 cm³/mol. The summed E-state index contributed by atoms with van der Waals surface area (Å²) < 4.78 is 0. The normalized spacial score (nSPS) is 20.2. The van der Waals surface area contributed by atoms with Gasteiger partial charge in [-0.25, -0.2) is 14.4 Å². The number of carboxylic acid groups (broad SMARTS) is 3. The highest BCUT2D eigenvalue weighted by molar-refractivity contribution is 5.90. The van der Waals surface area contributed by atoms with Crippen molar-refractivity contribution in [3.05, 3.63) is 23.4 Å². The van der Waals surface area contributed by atoms with E-state index in [1.54, 1.807) is 0 Å². The zero-order valence-electron chi connectivity index (χ0n) is 12.5. The SMILES string of the molecule is NC(=O)CCC(N=C/C=C1\C=C(C(=O)O)NC(C(=O)O)C1)C(=O)O. The van der Waals surface area contributed by atoms with Crippen molar-refractivity contribution < 1.29 is 34.5 Å². The lowest BCUT2D eigenvalue weighted by molar-refractivity contribution is -0.140. The van der Waals surface area contributed by atoms with Crippen LogP contribution in [0.4, 0.5) is 0 Å². The number of aliphatic imine (C=N–C) groups is 1. The van der Waals surface area contributed by atoms with Gasteiger partial charge in [-0.15, -0.1) is 0 Å². The molecule has 10 nitrogen and oxygen atoms in total. The molecular formula is C14H17N3O7. The number of primary amides is 1. The number of nitrogens with one attached hydrogen (secondary N) is 1. The standard InChI is InChI=1S/C14H17N3O7/c15-11(18)2-1-8(12(19)20)16-4-3-7-5-9(13(21)22)17-10(6-7)14(23)24/h3-5,8,10,17H,1-2,6H2,(H2,15,18)(H,19,20)(H,21,22)(H,23,24)/b7-3+,16-4?. The Morgan fingerprint density at radius 2 is 2.00 bits per heavy atom. The molecule has 1 amide bonds. The third-order valence-electron chi connectivity index (χ3n) is 3.13. The van der Waals surface area contributed by atoms with E-state index >= 15 is 0 Å². The highest BCUT2D eigenvalue weighted by atomic mass is 16.4. The zero-order valence-corrected chi connectivity index (χ0v) is 12.5. The summed E-state index contributed by atoms with van der Waals surface area (Å²) in [5.74, 6) is -4.41. The molecule has 10 heteroatoms. The number of hydrogen-bond acceptors (Lipinski definition) is 6. The molecule has 0 aromatic rings. The van der Waals surface area contributed by atoms with Crippen molar-refractivity contribution in [3.8, 4) is 0 Å². The van der Waals surface area contributed by atoms with Crippen LogP contribution in [-0.4, -0.2) is 57.4 Å². The fraction of sp³-hybridized carbons (Fsp3) is 0.357. The molecule has 1 rings (SSSR count). The van der Waals surface area contributed by atoms with Crippen molar-refractivity contribution in [3.63, 3.8) is 0 Å². The van der Waals surface area contributed by atoms with Crippen molar-refractivity contribution in [2.75, 3.05) is 0 Å². The molecule has 130 valence electrons. The third kappa shape index (κ3) is 5.91. The average Bonchev–Trinajstić information content (AvgIpc) is 2.49. The molecule has 6 N–H and O–H groups in total. The Labute approximate surface area is 136 Å². The molecule has 0 fully saturated rings. The summed E-state index contributed by atoms with van der Waals surface area (Å²) in [6.07, 6.45) is 3.53. The fourth-order valence-electron chi connectivity index (χ4n) is 1.93. The number of carboxylic acids is 3. The molecule has 24 heavy (non-hydrogen) atoms. The first-order valence-electron chi connectivity index (χ1n) is 6.88. The van der Waals surface area contributed by atoms with Crippen molar-refractivity contribution in [2.45, 2.75) is 31.3 Å². The number of aliphatic carboxylic acids is 3. The van der Waals surface area contributed by atoms with E-state index in [1.165, 1.54) is 12.2 Å². The molecule has 0 aromatic carbocycles. The maximum Gasteiger partial charge on any atom is 0.351 e. The van der Waals surface area contributed by atoms with E-state index in [0.29, 0.717) is 5.57 Å². The van der Waals surface area contributed by atoms with Gasteiger partial charge in [0.15, 0.2) is 0 Å². The fourth-order valence-corrected chi connectivity index (χ4v) is 1.93. The lowest BCUT2D eigenvalue weighted by Crippen LogP contribution is -2.41. The molecule has 0 spiro atoms. The Morgan fingerprint density at radius 1 is 1.33 bits per heavy atom. The van der Waals surface area contributed by atoms with E-state index in [1.807, 2.05) is 0 Å². The molecule has 0 aromatic heterocycles. The Hall–Kier alpha value is -3.17. The van der Waals surface area contributed by atoms with E-state index < -0.39 is 35.9 Å². The minimum absolute atomic E-state index is 0.0111. The van der Waals surface area contributed by atoms with Gasteiger partial charge in [0.1, 0.15) is 17.8 Å². The van der Waals surface area contributed by atoms with Crippen LogP contribution in [0.15, 0.2) is 28.4 Å². The van der Waals surface area contributed by atoms with E-state index in [-0.39, 0.29) is 25.0 Å². The largest absolute Gasteiger partial charge is 0.480 e. The minimum Gasteiger partial charge on any atom is -0.480 e. The summed E-state index contributed by atoms with van der Waals surface area (Å²) >= 11 is 0. The van der Waals surface area contributed by atoms with Crippen molar-refractivity contribution in [2.24, 2.45) is 10.7 Å². The minimum atomic E-state index is -1.31. The van der Waals surface area contributed by atoms with E-state index in [0.717, 1.165) is 6.21 Å². The first-order valence-corrected chi connectivity index (χ1v) is 6.88. The number of carbonyl (C=O) groups excluding carboxylic acids is 1. The van der Waals surface area contributed by atoms with Crippen LogP contribution in [0.5, 0.6) is 0 Å². The highest BCUT2D eigenvalue weighted by Gasteiger charge is 2.26. The van der Waals surface area contributed by atoms with Gasteiger partial charge in [0.05, 0.1) is 0 Å². The van der Waals surface area contributed by atoms with Crippen LogP contribution in [0.3, 0.4) is 0 Å². The Kier molecular flexibility index (Phi) is 6.65. The van der Waals surface area contributed by atoms with Gasteiger partial charge in [0.2, 0.25) is 5.91 Å². The van der Waals surface area contributed by atoms with Crippen LogP contribution in [-0.2, 0) is 19.2 Å². The van der Waals surface area contributed by atoms with Gasteiger partial charge in [-0.1, -0.05) is 0 Å². The lowest BCUT2D eigenvalue weighted by atomic mass is 10.00. The molecule has 0 aliphatic carbocycles. The Balaban J connectivity index is 2.90. The molecule has 1 aliphatic rings. The van der Waals surface area contributed by atoms with Gasteiger partial charge in [0.25, 0.3) is 0 Å². The van der Waals surface area contributed by atoms with Gasteiger partial charge in [0, 0.05) is 19.1 Å². The number of nitrogens with two attached hydrogens (primary N) is 1. The molecule has 2 atom stereocenters. The Morgan fingerprint density at radius 3 is 2.50 bits per heavy atom.